The molecular weight excluding hydrogens is 336 g/mol. The molecule has 0 radical (unpaired) electrons. The molecule has 0 spiro atoms. The van der Waals surface area contributed by atoms with Crippen LogP contribution in [0.3, 0.4) is 0 Å². The van der Waals surface area contributed by atoms with Gasteiger partial charge in [-0.2, -0.15) is 0 Å². The van der Waals surface area contributed by atoms with Gasteiger partial charge in [0.25, 0.3) is 0 Å². The Labute approximate surface area is 174 Å². The quantitative estimate of drug-likeness (QED) is 0.201. The first kappa shape index (κ1) is 22.7. The molecule has 154 valence electrons. The average molecular weight is 379 g/mol. The summed E-state index contributed by atoms with van der Waals surface area (Å²) in [6, 6.07) is 15.6. The molecular formula is C28H42. The van der Waals surface area contributed by atoms with Crippen LogP contribution in [0.25, 0.3) is 10.8 Å². The van der Waals surface area contributed by atoms with Gasteiger partial charge in [0.05, 0.1) is 0 Å². The summed E-state index contributed by atoms with van der Waals surface area (Å²) in [5.41, 5.74) is 1.50. The second-order valence-corrected chi connectivity index (χ2v) is 8.37. The molecule has 2 aromatic rings. The molecule has 0 aromatic heterocycles. The molecule has 0 bridgehead atoms. The average Bonchev–Trinajstić information content (AvgIpc) is 2.73. The molecule has 2 aromatic carbocycles. The summed E-state index contributed by atoms with van der Waals surface area (Å²) in [6.07, 6.45) is 25.4. The van der Waals surface area contributed by atoms with E-state index in [1.807, 2.05) is 0 Å². The van der Waals surface area contributed by atoms with Gasteiger partial charge < -0.3 is 0 Å². The smallest absolute Gasteiger partial charge is 0.0181 e. The molecule has 0 saturated heterocycles. The largest absolute Gasteiger partial charge is 0.0885 e. The Balaban J connectivity index is 1.37. The van der Waals surface area contributed by atoms with Crippen LogP contribution >= 0.6 is 0 Å². The number of aryl methyl sites for hydroxylation is 1. The highest BCUT2D eigenvalue weighted by Gasteiger charge is 1.98. The molecule has 0 aliphatic heterocycles. The van der Waals surface area contributed by atoms with Crippen molar-refractivity contribution in [3.63, 3.8) is 0 Å². The van der Waals surface area contributed by atoms with E-state index in [9.17, 15) is 0 Å². The predicted octanol–water partition coefficient (Wildman–Crippen LogP) is 9.42. The zero-order valence-electron chi connectivity index (χ0n) is 18.3. The Kier molecular flexibility index (Phi) is 12.5. The fourth-order valence-electron chi connectivity index (χ4n) is 3.98. The van der Waals surface area contributed by atoms with Crippen LogP contribution in [0.4, 0.5) is 0 Å². The zero-order chi connectivity index (χ0) is 19.7. The van der Waals surface area contributed by atoms with Gasteiger partial charge in [0.15, 0.2) is 0 Å². The Morgan fingerprint density at radius 1 is 0.571 bits per heavy atom. The van der Waals surface area contributed by atoms with Gasteiger partial charge in [-0.15, -0.1) is 0 Å². The molecule has 0 heterocycles. The van der Waals surface area contributed by atoms with Crippen molar-refractivity contribution in [1.82, 2.24) is 0 Å². The lowest BCUT2D eigenvalue weighted by molar-refractivity contribution is 0.546. The maximum absolute atomic E-state index is 2.38. The van der Waals surface area contributed by atoms with E-state index in [1.165, 1.54) is 113 Å². The van der Waals surface area contributed by atoms with Crippen LogP contribution in [0.2, 0.25) is 0 Å². The maximum Gasteiger partial charge on any atom is -0.0181 e. The molecule has 0 unspecified atom stereocenters. The lowest BCUT2D eigenvalue weighted by Gasteiger charge is -2.05. The van der Waals surface area contributed by atoms with Gasteiger partial charge in [0.2, 0.25) is 0 Å². The topological polar surface area (TPSA) is 0 Å². The highest BCUT2D eigenvalue weighted by molar-refractivity contribution is 5.82. The van der Waals surface area contributed by atoms with Crippen LogP contribution in [0, 0.1) is 0 Å². The molecule has 2 rings (SSSR count). The fourth-order valence-corrected chi connectivity index (χ4v) is 3.98. The molecule has 0 aliphatic rings. The standard InChI is InChI=1S/C28H42/c1-2-3-4-5-6-7-8-9-10-11-12-13-14-15-16-17-20-26-23-24-27-21-18-19-22-28(27)25-26/h4-5,18-19,21-25H,2-3,6-17,20H2,1H3/b5-4+. The number of hydrogen-bond acceptors (Lipinski definition) is 0. The van der Waals surface area contributed by atoms with Gasteiger partial charge >= 0.3 is 0 Å². The Morgan fingerprint density at radius 2 is 1.14 bits per heavy atom. The van der Waals surface area contributed by atoms with Gasteiger partial charge in [-0.25, -0.2) is 0 Å². The van der Waals surface area contributed by atoms with Crippen molar-refractivity contribution in [1.29, 1.82) is 0 Å². The highest BCUT2D eigenvalue weighted by atomic mass is 14.0. The predicted molar refractivity (Wildman–Crippen MR) is 127 cm³/mol. The number of rotatable bonds is 16. The fraction of sp³-hybridized carbons (Fsp3) is 0.571. The molecule has 0 amide bonds. The molecule has 28 heavy (non-hydrogen) atoms. The summed E-state index contributed by atoms with van der Waals surface area (Å²) >= 11 is 0. The minimum Gasteiger partial charge on any atom is -0.0885 e. The van der Waals surface area contributed by atoms with E-state index in [1.54, 1.807) is 0 Å². The number of allylic oxidation sites excluding steroid dienone is 2. The first-order valence-electron chi connectivity index (χ1n) is 12.0. The third-order valence-corrected chi connectivity index (χ3v) is 5.77. The molecule has 0 atom stereocenters. The molecule has 0 N–H and O–H groups in total. The second-order valence-electron chi connectivity index (χ2n) is 8.37. The van der Waals surface area contributed by atoms with Crippen molar-refractivity contribution in [3.05, 3.63) is 60.2 Å². The summed E-state index contributed by atoms with van der Waals surface area (Å²) in [5, 5.41) is 2.74. The second kappa shape index (κ2) is 15.4. The Morgan fingerprint density at radius 3 is 1.82 bits per heavy atom. The number of fused-ring (bicyclic) bond motifs is 1. The Hall–Kier alpha value is -1.56. The lowest BCUT2D eigenvalue weighted by atomic mass is 10.0. The minimum absolute atomic E-state index is 1.23. The first-order valence-corrected chi connectivity index (χ1v) is 12.0. The van der Waals surface area contributed by atoms with Crippen molar-refractivity contribution >= 4 is 10.8 Å². The van der Waals surface area contributed by atoms with Crippen molar-refractivity contribution in [2.45, 2.75) is 103 Å². The van der Waals surface area contributed by atoms with Crippen molar-refractivity contribution in [3.8, 4) is 0 Å². The minimum atomic E-state index is 1.23. The molecule has 0 fully saturated rings. The SMILES string of the molecule is CCC/C=C/CCCCCCCCCCCCCc1ccc2ccccc2c1. The number of unbranched alkanes of at least 4 members (excludes halogenated alkanes) is 12. The number of hydrogen-bond donors (Lipinski definition) is 0. The third kappa shape index (κ3) is 10.1. The summed E-state index contributed by atoms with van der Waals surface area (Å²) in [4.78, 5) is 0. The summed E-state index contributed by atoms with van der Waals surface area (Å²) in [6.45, 7) is 2.25. The molecule has 0 heteroatoms. The maximum atomic E-state index is 2.38. The van der Waals surface area contributed by atoms with Gasteiger partial charge in [-0.05, 0) is 48.4 Å². The van der Waals surface area contributed by atoms with Gasteiger partial charge in [0.1, 0.15) is 0 Å². The van der Waals surface area contributed by atoms with Gasteiger partial charge in [-0.1, -0.05) is 126 Å². The molecule has 0 aliphatic carbocycles. The van der Waals surface area contributed by atoms with E-state index in [2.05, 4.69) is 61.5 Å². The highest BCUT2D eigenvalue weighted by Crippen LogP contribution is 2.18. The summed E-state index contributed by atoms with van der Waals surface area (Å²) in [5.74, 6) is 0. The lowest BCUT2D eigenvalue weighted by Crippen LogP contribution is -1.87. The van der Waals surface area contributed by atoms with Crippen LogP contribution in [-0.2, 0) is 6.42 Å². The van der Waals surface area contributed by atoms with Gasteiger partial charge in [-0.3, -0.25) is 0 Å². The van der Waals surface area contributed by atoms with Crippen LogP contribution in [0.1, 0.15) is 102 Å². The van der Waals surface area contributed by atoms with Crippen LogP contribution < -0.4 is 0 Å². The van der Waals surface area contributed by atoms with Crippen LogP contribution in [-0.4, -0.2) is 0 Å². The van der Waals surface area contributed by atoms with Crippen molar-refractivity contribution in [2.24, 2.45) is 0 Å². The zero-order valence-corrected chi connectivity index (χ0v) is 18.3. The number of benzene rings is 2. The van der Waals surface area contributed by atoms with Gasteiger partial charge in [0, 0.05) is 0 Å². The van der Waals surface area contributed by atoms with E-state index in [-0.39, 0.29) is 0 Å². The third-order valence-electron chi connectivity index (χ3n) is 5.77. The van der Waals surface area contributed by atoms with E-state index in [4.69, 9.17) is 0 Å². The van der Waals surface area contributed by atoms with E-state index in [0.29, 0.717) is 0 Å². The van der Waals surface area contributed by atoms with Crippen molar-refractivity contribution in [2.75, 3.05) is 0 Å². The van der Waals surface area contributed by atoms with E-state index < -0.39 is 0 Å². The normalized spacial score (nSPS) is 11.6. The van der Waals surface area contributed by atoms with Crippen molar-refractivity contribution < 1.29 is 0 Å². The van der Waals surface area contributed by atoms with Crippen LogP contribution in [0.15, 0.2) is 54.6 Å². The van der Waals surface area contributed by atoms with E-state index in [0.717, 1.165) is 0 Å². The summed E-state index contributed by atoms with van der Waals surface area (Å²) in [7, 11) is 0. The molecule has 0 saturated carbocycles. The summed E-state index contributed by atoms with van der Waals surface area (Å²) < 4.78 is 0. The first-order chi connectivity index (χ1) is 13.9. The monoisotopic (exact) mass is 378 g/mol. The van der Waals surface area contributed by atoms with Crippen LogP contribution in [0.5, 0.6) is 0 Å². The molecule has 0 nitrogen and oxygen atoms in total. The van der Waals surface area contributed by atoms with E-state index >= 15 is 0 Å². The Bertz CT molecular complexity index is 652.